The first-order valence-corrected chi connectivity index (χ1v) is 8.46. The molecule has 2 aromatic carbocycles. The summed E-state index contributed by atoms with van der Waals surface area (Å²) >= 11 is 0. The average molecular weight is 387 g/mol. The van der Waals surface area contributed by atoms with Gasteiger partial charge in [0.05, 0.1) is 0 Å². The van der Waals surface area contributed by atoms with Crippen LogP contribution in [0.25, 0.3) is 0 Å². The second-order valence-electron chi connectivity index (χ2n) is 5.94. The number of benzene rings is 2. The zero-order chi connectivity index (χ0) is 19.5. The summed E-state index contributed by atoms with van der Waals surface area (Å²) in [5, 5.41) is 2.70. The number of hydrogen-bond donors (Lipinski definition) is 1. The smallest absolute Gasteiger partial charge is 0.291 e. The fraction of sp³-hybridized carbons (Fsp3) is 0.150. The van der Waals surface area contributed by atoms with Gasteiger partial charge < -0.3 is 23.9 Å². The molecule has 0 aliphatic carbocycles. The molecule has 1 aromatic heterocycles. The number of amides is 1. The van der Waals surface area contributed by atoms with Gasteiger partial charge in [-0.1, -0.05) is 0 Å². The number of anilines is 1. The maximum Gasteiger partial charge on any atom is 0.291 e. The molecule has 0 bridgehead atoms. The predicted octanol–water partition coefficient (Wildman–Crippen LogP) is 4.16. The van der Waals surface area contributed by atoms with Crippen LogP contribution in [0.4, 0.5) is 14.5 Å². The summed E-state index contributed by atoms with van der Waals surface area (Å²) in [6, 6.07) is 11.1. The highest BCUT2D eigenvalue weighted by molar-refractivity contribution is 6.02. The van der Waals surface area contributed by atoms with Crippen LogP contribution in [0.2, 0.25) is 0 Å². The first-order chi connectivity index (χ1) is 13.6. The lowest BCUT2D eigenvalue weighted by Crippen LogP contribution is -2.16. The lowest BCUT2D eigenvalue weighted by molar-refractivity contribution is 0.0992. The molecule has 1 aliphatic rings. The second-order valence-corrected chi connectivity index (χ2v) is 5.94. The Hall–Kier alpha value is -3.55. The largest absolute Gasteiger partial charge is 0.486 e. The highest BCUT2D eigenvalue weighted by Crippen LogP contribution is 2.32. The molecule has 6 nitrogen and oxygen atoms in total. The number of fused-ring (bicyclic) bond motifs is 1. The Morgan fingerprint density at radius 3 is 2.64 bits per heavy atom. The summed E-state index contributed by atoms with van der Waals surface area (Å²) in [4.78, 5) is 12.3. The van der Waals surface area contributed by atoms with Crippen LogP contribution >= 0.6 is 0 Å². The molecule has 0 saturated heterocycles. The van der Waals surface area contributed by atoms with E-state index in [2.05, 4.69) is 5.32 Å². The van der Waals surface area contributed by atoms with Gasteiger partial charge in [0.15, 0.2) is 28.8 Å². The van der Waals surface area contributed by atoms with Gasteiger partial charge in [0.2, 0.25) is 0 Å². The minimum Gasteiger partial charge on any atom is -0.486 e. The zero-order valence-corrected chi connectivity index (χ0v) is 14.5. The van der Waals surface area contributed by atoms with E-state index in [-0.39, 0.29) is 18.1 Å². The van der Waals surface area contributed by atoms with Crippen molar-refractivity contribution in [2.75, 3.05) is 18.5 Å². The molecular formula is C20H15F2NO5. The minimum atomic E-state index is -0.817. The fourth-order valence-electron chi connectivity index (χ4n) is 2.63. The molecule has 1 N–H and O–H groups in total. The maximum absolute atomic E-state index is 13.6. The SMILES string of the molecule is O=C(Nc1ccc2c(c1)OCCO2)c1ccc(COc2ccc(F)cc2F)o1. The third kappa shape index (κ3) is 3.90. The van der Waals surface area contributed by atoms with Crippen molar-refractivity contribution in [3.05, 3.63) is 71.7 Å². The monoisotopic (exact) mass is 387 g/mol. The standard InChI is InChI=1S/C20H15F2NO5/c21-12-1-4-16(15(22)9-12)27-11-14-3-6-18(28-14)20(24)23-13-2-5-17-19(10-13)26-8-7-25-17/h1-6,9-10H,7-8,11H2,(H,23,24). The van der Waals surface area contributed by atoms with Crippen molar-refractivity contribution < 1.29 is 32.2 Å². The topological polar surface area (TPSA) is 69.9 Å². The van der Waals surface area contributed by atoms with Crippen molar-refractivity contribution >= 4 is 11.6 Å². The van der Waals surface area contributed by atoms with E-state index in [4.69, 9.17) is 18.6 Å². The number of hydrogen-bond acceptors (Lipinski definition) is 5. The fourth-order valence-corrected chi connectivity index (χ4v) is 2.63. The summed E-state index contributed by atoms with van der Waals surface area (Å²) < 4.78 is 48.1. The van der Waals surface area contributed by atoms with E-state index in [9.17, 15) is 13.6 Å². The number of nitrogens with one attached hydrogen (secondary N) is 1. The zero-order valence-electron chi connectivity index (χ0n) is 14.5. The van der Waals surface area contributed by atoms with Gasteiger partial charge in [0.25, 0.3) is 5.91 Å². The van der Waals surface area contributed by atoms with E-state index in [1.54, 1.807) is 24.3 Å². The Morgan fingerprint density at radius 1 is 1.00 bits per heavy atom. The van der Waals surface area contributed by atoms with Gasteiger partial charge in [0.1, 0.15) is 31.4 Å². The van der Waals surface area contributed by atoms with Crippen molar-refractivity contribution in [2.24, 2.45) is 0 Å². The molecule has 0 spiro atoms. The molecule has 8 heteroatoms. The van der Waals surface area contributed by atoms with Crippen LogP contribution in [0, 0.1) is 11.6 Å². The first-order valence-electron chi connectivity index (χ1n) is 8.46. The van der Waals surface area contributed by atoms with E-state index in [0.717, 1.165) is 12.1 Å². The molecule has 0 saturated carbocycles. The number of ether oxygens (including phenoxy) is 3. The van der Waals surface area contributed by atoms with E-state index >= 15 is 0 Å². The Bertz CT molecular complexity index is 1020. The second kappa shape index (κ2) is 7.59. The third-order valence-corrected chi connectivity index (χ3v) is 3.95. The van der Waals surface area contributed by atoms with Crippen LogP contribution in [0.1, 0.15) is 16.3 Å². The van der Waals surface area contributed by atoms with Gasteiger partial charge in [-0.15, -0.1) is 0 Å². The van der Waals surface area contributed by atoms with Gasteiger partial charge in [-0.3, -0.25) is 4.79 Å². The molecule has 0 atom stereocenters. The number of halogens is 2. The van der Waals surface area contributed by atoms with Gasteiger partial charge in [0, 0.05) is 17.8 Å². The Morgan fingerprint density at radius 2 is 1.82 bits per heavy atom. The van der Waals surface area contributed by atoms with Crippen LogP contribution in [0.3, 0.4) is 0 Å². The molecule has 0 unspecified atom stereocenters. The van der Waals surface area contributed by atoms with E-state index in [0.29, 0.717) is 36.2 Å². The average Bonchev–Trinajstić information content (AvgIpc) is 3.16. The van der Waals surface area contributed by atoms with Crippen molar-refractivity contribution in [3.63, 3.8) is 0 Å². The summed E-state index contributed by atoms with van der Waals surface area (Å²) in [5.74, 6) is -0.530. The lowest BCUT2D eigenvalue weighted by Gasteiger charge is -2.18. The number of rotatable bonds is 5. The van der Waals surface area contributed by atoms with Crippen LogP contribution in [-0.4, -0.2) is 19.1 Å². The highest BCUT2D eigenvalue weighted by atomic mass is 19.1. The summed E-state index contributed by atoms with van der Waals surface area (Å²) in [7, 11) is 0. The molecule has 2 heterocycles. The summed E-state index contributed by atoms with van der Waals surface area (Å²) in [6.45, 7) is 0.818. The summed E-state index contributed by atoms with van der Waals surface area (Å²) in [6.07, 6.45) is 0. The Kier molecular flexibility index (Phi) is 4.84. The first kappa shape index (κ1) is 17.8. The van der Waals surface area contributed by atoms with Crippen molar-refractivity contribution in [1.82, 2.24) is 0 Å². The number of carbonyl (C=O) groups is 1. The van der Waals surface area contributed by atoms with Gasteiger partial charge in [-0.25, -0.2) is 8.78 Å². The van der Waals surface area contributed by atoms with Crippen LogP contribution in [0.5, 0.6) is 17.2 Å². The molecule has 1 aliphatic heterocycles. The quantitative estimate of drug-likeness (QED) is 0.712. The molecule has 3 aromatic rings. The van der Waals surface area contributed by atoms with Crippen LogP contribution in [0.15, 0.2) is 52.9 Å². The normalized spacial score (nSPS) is 12.5. The Labute approximate surface area is 158 Å². The lowest BCUT2D eigenvalue weighted by atomic mass is 10.2. The Balaban J connectivity index is 1.39. The van der Waals surface area contributed by atoms with E-state index in [1.807, 2.05) is 0 Å². The van der Waals surface area contributed by atoms with Gasteiger partial charge >= 0.3 is 0 Å². The summed E-state index contributed by atoms with van der Waals surface area (Å²) in [5.41, 5.74) is 0.525. The predicted molar refractivity (Wildman–Crippen MR) is 94.8 cm³/mol. The molecule has 0 radical (unpaired) electrons. The van der Waals surface area contributed by atoms with E-state index in [1.165, 1.54) is 12.1 Å². The van der Waals surface area contributed by atoms with Crippen molar-refractivity contribution in [2.45, 2.75) is 6.61 Å². The van der Waals surface area contributed by atoms with Crippen molar-refractivity contribution in [1.29, 1.82) is 0 Å². The minimum absolute atomic E-state index is 0.0630. The number of furan rings is 1. The third-order valence-electron chi connectivity index (χ3n) is 3.95. The molecule has 4 rings (SSSR count). The van der Waals surface area contributed by atoms with Gasteiger partial charge in [-0.05, 0) is 36.4 Å². The molecule has 144 valence electrons. The highest BCUT2D eigenvalue weighted by Gasteiger charge is 2.16. The van der Waals surface area contributed by atoms with Crippen LogP contribution < -0.4 is 19.5 Å². The molecule has 28 heavy (non-hydrogen) atoms. The van der Waals surface area contributed by atoms with Crippen molar-refractivity contribution in [3.8, 4) is 17.2 Å². The number of carbonyl (C=O) groups excluding carboxylic acids is 1. The molecule has 1 amide bonds. The molecular weight excluding hydrogens is 372 g/mol. The van der Waals surface area contributed by atoms with E-state index < -0.39 is 17.5 Å². The van der Waals surface area contributed by atoms with Gasteiger partial charge in [-0.2, -0.15) is 0 Å². The van der Waals surface area contributed by atoms with Crippen LogP contribution in [-0.2, 0) is 6.61 Å². The maximum atomic E-state index is 13.6. The molecule has 0 fully saturated rings.